The number of nitrogens with zero attached hydrogens (tertiary/aromatic N) is 1. The van der Waals surface area contributed by atoms with E-state index in [1.807, 2.05) is 0 Å². The van der Waals surface area contributed by atoms with Gasteiger partial charge >= 0.3 is 0 Å². The summed E-state index contributed by atoms with van der Waals surface area (Å²) in [6.45, 7) is 0.289. The lowest BCUT2D eigenvalue weighted by Crippen LogP contribution is -2.36. The largest absolute Gasteiger partial charge is 0.508 e. The zero-order valence-corrected chi connectivity index (χ0v) is 9.75. The van der Waals surface area contributed by atoms with Gasteiger partial charge in [0.05, 0.1) is 11.0 Å². The Morgan fingerprint density at radius 1 is 1.53 bits per heavy atom. The number of rotatable bonds is 3. The third-order valence-corrected chi connectivity index (χ3v) is 2.73. The first-order valence-electron chi connectivity index (χ1n) is 5.52. The lowest BCUT2D eigenvalue weighted by molar-refractivity contribution is -0.385. The molecule has 2 amide bonds. The molecule has 1 fully saturated rings. The molecule has 1 aromatic rings. The third-order valence-electron chi connectivity index (χ3n) is 2.73. The van der Waals surface area contributed by atoms with E-state index < -0.39 is 22.6 Å². The standard InChI is InChI=1S/C11H11N3O5/c15-7-1-2-9(14(18)19)8(4-7)11(17)13-6-3-10(16)12-5-6/h1-2,4,6,15H,3,5H2,(H,12,16)(H,13,17). The fraction of sp³-hybridized carbons (Fsp3) is 0.273. The first-order chi connectivity index (χ1) is 8.97. The highest BCUT2D eigenvalue weighted by atomic mass is 16.6. The average molecular weight is 265 g/mol. The maximum absolute atomic E-state index is 11.9. The third kappa shape index (κ3) is 2.79. The van der Waals surface area contributed by atoms with Crippen LogP contribution in [-0.2, 0) is 4.79 Å². The van der Waals surface area contributed by atoms with Gasteiger partial charge in [-0.3, -0.25) is 19.7 Å². The first kappa shape index (κ1) is 12.8. The number of phenolic OH excluding ortho intramolecular Hbond substituents is 1. The van der Waals surface area contributed by atoms with Gasteiger partial charge in [0.2, 0.25) is 5.91 Å². The van der Waals surface area contributed by atoms with E-state index in [-0.39, 0.29) is 30.2 Å². The van der Waals surface area contributed by atoms with Crippen LogP contribution in [0, 0.1) is 10.1 Å². The number of nitrogens with one attached hydrogen (secondary N) is 2. The Kier molecular flexibility index (Phi) is 3.32. The van der Waals surface area contributed by atoms with Crippen molar-refractivity contribution in [1.29, 1.82) is 0 Å². The number of amides is 2. The summed E-state index contributed by atoms with van der Waals surface area (Å²) in [7, 11) is 0. The molecule has 3 N–H and O–H groups in total. The van der Waals surface area contributed by atoms with E-state index in [4.69, 9.17) is 0 Å². The van der Waals surface area contributed by atoms with Gasteiger partial charge in [0, 0.05) is 19.0 Å². The molecule has 1 saturated heterocycles. The van der Waals surface area contributed by atoms with Gasteiger partial charge in [0.1, 0.15) is 11.3 Å². The Labute approximate surface area is 107 Å². The number of nitro groups is 1. The monoisotopic (exact) mass is 265 g/mol. The Hall–Kier alpha value is -2.64. The van der Waals surface area contributed by atoms with Crippen molar-refractivity contribution in [2.45, 2.75) is 12.5 Å². The van der Waals surface area contributed by atoms with Gasteiger partial charge in [-0.1, -0.05) is 0 Å². The van der Waals surface area contributed by atoms with E-state index in [2.05, 4.69) is 10.6 Å². The van der Waals surface area contributed by atoms with E-state index in [9.17, 15) is 24.8 Å². The number of hydrogen-bond acceptors (Lipinski definition) is 5. The summed E-state index contributed by atoms with van der Waals surface area (Å²) in [4.78, 5) is 33.0. The second-order valence-electron chi connectivity index (χ2n) is 4.14. The highest BCUT2D eigenvalue weighted by Crippen LogP contribution is 2.23. The summed E-state index contributed by atoms with van der Waals surface area (Å²) in [5.74, 6) is -1.11. The van der Waals surface area contributed by atoms with Crippen molar-refractivity contribution < 1.29 is 19.6 Å². The lowest BCUT2D eigenvalue weighted by Gasteiger charge is -2.10. The van der Waals surface area contributed by atoms with Crippen molar-refractivity contribution in [3.8, 4) is 5.75 Å². The molecular formula is C11H11N3O5. The van der Waals surface area contributed by atoms with Crippen molar-refractivity contribution >= 4 is 17.5 Å². The normalized spacial score (nSPS) is 17.9. The summed E-state index contributed by atoms with van der Waals surface area (Å²) in [5, 5.41) is 25.2. The van der Waals surface area contributed by atoms with Crippen LogP contribution in [-0.4, -0.2) is 34.4 Å². The van der Waals surface area contributed by atoms with Crippen LogP contribution in [0.4, 0.5) is 5.69 Å². The van der Waals surface area contributed by atoms with Crippen LogP contribution in [0.3, 0.4) is 0 Å². The molecule has 19 heavy (non-hydrogen) atoms. The molecule has 2 rings (SSSR count). The number of aromatic hydroxyl groups is 1. The zero-order chi connectivity index (χ0) is 14.0. The molecule has 1 heterocycles. The van der Waals surface area contributed by atoms with Gasteiger partial charge in [-0.05, 0) is 12.1 Å². The van der Waals surface area contributed by atoms with Gasteiger partial charge in [-0.2, -0.15) is 0 Å². The molecule has 0 radical (unpaired) electrons. The summed E-state index contributed by atoms with van der Waals surface area (Å²) in [6.07, 6.45) is 0.137. The fourth-order valence-corrected chi connectivity index (χ4v) is 1.84. The highest BCUT2D eigenvalue weighted by Gasteiger charge is 2.26. The van der Waals surface area contributed by atoms with Crippen LogP contribution in [0.1, 0.15) is 16.8 Å². The number of benzene rings is 1. The van der Waals surface area contributed by atoms with Crippen molar-refractivity contribution in [3.05, 3.63) is 33.9 Å². The topological polar surface area (TPSA) is 122 Å². The van der Waals surface area contributed by atoms with Gasteiger partial charge in [-0.15, -0.1) is 0 Å². The Bertz CT molecular complexity index is 557. The number of carbonyl (C=O) groups excluding carboxylic acids is 2. The molecule has 8 heteroatoms. The van der Waals surface area contributed by atoms with Gasteiger partial charge in [-0.25, -0.2) is 0 Å². The molecule has 1 aliphatic rings. The fourth-order valence-electron chi connectivity index (χ4n) is 1.84. The van der Waals surface area contributed by atoms with E-state index >= 15 is 0 Å². The molecule has 1 aromatic carbocycles. The molecular weight excluding hydrogens is 254 g/mol. The van der Waals surface area contributed by atoms with Gasteiger partial charge in [0.25, 0.3) is 11.6 Å². The quantitative estimate of drug-likeness (QED) is 0.521. The number of nitro benzene ring substituents is 1. The summed E-state index contributed by atoms with van der Waals surface area (Å²) >= 11 is 0. The molecule has 1 atom stereocenters. The highest BCUT2D eigenvalue weighted by molar-refractivity contribution is 5.99. The van der Waals surface area contributed by atoms with E-state index in [0.29, 0.717) is 0 Å². The summed E-state index contributed by atoms with van der Waals surface area (Å²) in [5.41, 5.74) is -0.628. The van der Waals surface area contributed by atoms with Crippen molar-refractivity contribution in [3.63, 3.8) is 0 Å². The second kappa shape index (κ2) is 4.92. The van der Waals surface area contributed by atoms with Gasteiger partial charge < -0.3 is 15.7 Å². The smallest absolute Gasteiger partial charge is 0.282 e. The minimum Gasteiger partial charge on any atom is -0.508 e. The van der Waals surface area contributed by atoms with E-state index in [1.165, 1.54) is 0 Å². The number of phenols is 1. The molecule has 1 unspecified atom stereocenters. The number of carbonyl (C=O) groups is 2. The molecule has 0 aliphatic carbocycles. The summed E-state index contributed by atoms with van der Waals surface area (Å²) in [6, 6.07) is 2.82. The van der Waals surface area contributed by atoms with Gasteiger partial charge in [0.15, 0.2) is 0 Å². The second-order valence-corrected chi connectivity index (χ2v) is 4.14. The molecule has 1 aliphatic heterocycles. The van der Waals surface area contributed by atoms with E-state index in [0.717, 1.165) is 18.2 Å². The molecule has 0 spiro atoms. The van der Waals surface area contributed by atoms with Crippen LogP contribution < -0.4 is 10.6 Å². The van der Waals surface area contributed by atoms with Crippen LogP contribution in [0.25, 0.3) is 0 Å². The minimum atomic E-state index is -0.702. The molecule has 0 saturated carbocycles. The SMILES string of the molecule is O=C1CC(NC(=O)c2cc(O)ccc2[N+](=O)[O-])CN1. The average Bonchev–Trinajstić information content (AvgIpc) is 2.74. The van der Waals surface area contributed by atoms with Crippen molar-refractivity contribution in [2.24, 2.45) is 0 Å². The zero-order valence-electron chi connectivity index (χ0n) is 9.75. The lowest BCUT2D eigenvalue weighted by atomic mass is 10.1. The van der Waals surface area contributed by atoms with E-state index in [1.54, 1.807) is 0 Å². The first-order valence-corrected chi connectivity index (χ1v) is 5.52. The Morgan fingerprint density at radius 3 is 2.84 bits per heavy atom. The van der Waals surface area contributed by atoms with Crippen molar-refractivity contribution in [2.75, 3.05) is 6.54 Å². The van der Waals surface area contributed by atoms with Crippen molar-refractivity contribution in [1.82, 2.24) is 10.6 Å². The predicted molar refractivity (Wildman–Crippen MR) is 63.6 cm³/mol. The maximum atomic E-state index is 11.9. The summed E-state index contributed by atoms with van der Waals surface area (Å²) < 4.78 is 0. The van der Waals surface area contributed by atoms with Crippen LogP contribution in [0.2, 0.25) is 0 Å². The molecule has 100 valence electrons. The van der Waals surface area contributed by atoms with Crippen LogP contribution in [0.15, 0.2) is 18.2 Å². The Balaban J connectivity index is 2.20. The molecule has 0 bridgehead atoms. The van der Waals surface area contributed by atoms with Crippen LogP contribution >= 0.6 is 0 Å². The Morgan fingerprint density at radius 2 is 2.26 bits per heavy atom. The molecule has 0 aromatic heterocycles. The molecule has 8 nitrogen and oxygen atoms in total. The maximum Gasteiger partial charge on any atom is 0.282 e. The minimum absolute atomic E-state index is 0.137. The number of hydrogen-bond donors (Lipinski definition) is 3. The van der Waals surface area contributed by atoms with Crippen LogP contribution in [0.5, 0.6) is 5.75 Å². The predicted octanol–water partition coefficient (Wildman–Crippen LogP) is -0.0813.